The lowest BCUT2D eigenvalue weighted by molar-refractivity contribution is 1.31. The standard InChI is InChI=1S/C6H3ClN2.ClH/c7-6-3-5(4-8)1-2-9-6;/h1-3H;1H. The highest BCUT2D eigenvalue weighted by atomic mass is 35.5. The van der Waals surface area contributed by atoms with E-state index in [1.807, 2.05) is 6.07 Å². The lowest BCUT2D eigenvalue weighted by Gasteiger charge is -1.85. The van der Waals surface area contributed by atoms with Crippen molar-refractivity contribution >= 4 is 24.0 Å². The number of hydrogen-bond donors (Lipinski definition) is 0. The zero-order valence-corrected chi connectivity index (χ0v) is 6.49. The molecule has 0 radical (unpaired) electrons. The molecular formula is C6H4Cl2N2. The molecule has 0 saturated heterocycles. The Morgan fingerprint density at radius 2 is 2.30 bits per heavy atom. The van der Waals surface area contributed by atoms with Crippen LogP contribution in [0.25, 0.3) is 0 Å². The van der Waals surface area contributed by atoms with Crippen molar-refractivity contribution in [2.45, 2.75) is 0 Å². The first kappa shape index (κ1) is 9.22. The Hall–Kier alpha value is -0.780. The lowest BCUT2D eigenvalue weighted by atomic mass is 10.3. The van der Waals surface area contributed by atoms with Crippen molar-refractivity contribution < 1.29 is 0 Å². The van der Waals surface area contributed by atoms with Crippen LogP contribution in [0.4, 0.5) is 0 Å². The Kier molecular flexibility index (Phi) is 3.78. The molecule has 0 aromatic carbocycles. The van der Waals surface area contributed by atoms with Crippen LogP contribution in [0.5, 0.6) is 0 Å². The van der Waals surface area contributed by atoms with Crippen molar-refractivity contribution in [3.05, 3.63) is 29.0 Å². The summed E-state index contributed by atoms with van der Waals surface area (Å²) in [6.07, 6.45) is 1.50. The van der Waals surface area contributed by atoms with E-state index in [0.717, 1.165) is 0 Å². The number of halogens is 2. The molecule has 1 rings (SSSR count). The molecular weight excluding hydrogens is 171 g/mol. The van der Waals surface area contributed by atoms with E-state index in [2.05, 4.69) is 4.98 Å². The lowest BCUT2D eigenvalue weighted by Crippen LogP contribution is -1.75. The van der Waals surface area contributed by atoms with Gasteiger partial charge in [0.2, 0.25) is 0 Å². The largest absolute Gasteiger partial charge is 0.244 e. The number of nitrogens with zero attached hydrogens (tertiary/aromatic N) is 2. The Bertz CT molecular complexity index is 254. The van der Waals surface area contributed by atoms with Gasteiger partial charge in [-0.2, -0.15) is 5.26 Å². The summed E-state index contributed by atoms with van der Waals surface area (Å²) in [4.78, 5) is 3.70. The third-order valence-corrected chi connectivity index (χ3v) is 1.06. The highest BCUT2D eigenvalue weighted by molar-refractivity contribution is 6.29. The predicted molar refractivity (Wildman–Crippen MR) is 41.2 cm³/mol. The Morgan fingerprint density at radius 1 is 1.60 bits per heavy atom. The third kappa shape index (κ3) is 2.22. The first-order chi connectivity index (χ1) is 4.33. The van der Waals surface area contributed by atoms with E-state index in [0.29, 0.717) is 10.7 Å². The van der Waals surface area contributed by atoms with Gasteiger partial charge in [-0.1, -0.05) is 11.6 Å². The fraction of sp³-hybridized carbons (Fsp3) is 0. The number of pyridine rings is 1. The molecule has 0 N–H and O–H groups in total. The summed E-state index contributed by atoms with van der Waals surface area (Å²) in [6.45, 7) is 0. The van der Waals surface area contributed by atoms with E-state index in [1.165, 1.54) is 12.3 Å². The van der Waals surface area contributed by atoms with Gasteiger partial charge in [0, 0.05) is 6.20 Å². The monoisotopic (exact) mass is 174 g/mol. The fourth-order valence-corrected chi connectivity index (χ4v) is 0.646. The molecule has 0 amide bonds. The van der Waals surface area contributed by atoms with Crippen LogP contribution in [0.2, 0.25) is 5.15 Å². The molecule has 0 aliphatic rings. The number of nitriles is 1. The van der Waals surface area contributed by atoms with Gasteiger partial charge >= 0.3 is 0 Å². The van der Waals surface area contributed by atoms with Crippen LogP contribution in [0.3, 0.4) is 0 Å². The molecule has 1 heterocycles. The summed E-state index contributed by atoms with van der Waals surface area (Å²) in [6, 6.07) is 5.06. The van der Waals surface area contributed by atoms with E-state index < -0.39 is 0 Å². The van der Waals surface area contributed by atoms with Crippen LogP contribution in [0, 0.1) is 11.3 Å². The first-order valence-corrected chi connectivity index (χ1v) is 2.72. The highest BCUT2D eigenvalue weighted by Crippen LogP contribution is 2.04. The average Bonchev–Trinajstić information content (AvgIpc) is 1.88. The van der Waals surface area contributed by atoms with Crippen LogP contribution in [0.15, 0.2) is 18.3 Å². The second kappa shape index (κ2) is 4.10. The molecule has 2 nitrogen and oxygen atoms in total. The van der Waals surface area contributed by atoms with Crippen molar-refractivity contribution in [2.75, 3.05) is 0 Å². The number of hydrogen-bond acceptors (Lipinski definition) is 2. The molecule has 0 fully saturated rings. The Morgan fingerprint density at radius 3 is 2.70 bits per heavy atom. The first-order valence-electron chi connectivity index (χ1n) is 2.34. The second-order valence-electron chi connectivity index (χ2n) is 1.48. The van der Waals surface area contributed by atoms with Gasteiger partial charge in [0.15, 0.2) is 0 Å². The van der Waals surface area contributed by atoms with Gasteiger partial charge < -0.3 is 0 Å². The average molecular weight is 175 g/mol. The van der Waals surface area contributed by atoms with Gasteiger partial charge in [-0.15, -0.1) is 12.4 Å². The van der Waals surface area contributed by atoms with Gasteiger partial charge in [0.05, 0.1) is 11.6 Å². The maximum absolute atomic E-state index is 8.33. The summed E-state index contributed by atoms with van der Waals surface area (Å²) in [7, 11) is 0. The molecule has 0 bridgehead atoms. The molecule has 0 spiro atoms. The van der Waals surface area contributed by atoms with Crippen molar-refractivity contribution in [1.82, 2.24) is 4.98 Å². The highest BCUT2D eigenvalue weighted by Gasteiger charge is 1.89. The summed E-state index contributed by atoms with van der Waals surface area (Å²) in [5.74, 6) is 0. The minimum absolute atomic E-state index is 0. The van der Waals surface area contributed by atoms with Gasteiger partial charge in [0.25, 0.3) is 0 Å². The van der Waals surface area contributed by atoms with Crippen LogP contribution < -0.4 is 0 Å². The summed E-state index contributed by atoms with van der Waals surface area (Å²) in [5, 5.41) is 8.68. The van der Waals surface area contributed by atoms with Gasteiger partial charge in [-0.3, -0.25) is 0 Å². The molecule has 0 aliphatic carbocycles. The minimum Gasteiger partial charge on any atom is -0.244 e. The van der Waals surface area contributed by atoms with Gasteiger partial charge in [-0.25, -0.2) is 4.98 Å². The van der Waals surface area contributed by atoms with Crippen LogP contribution >= 0.6 is 24.0 Å². The maximum atomic E-state index is 8.33. The van der Waals surface area contributed by atoms with E-state index in [1.54, 1.807) is 6.07 Å². The molecule has 1 aromatic rings. The van der Waals surface area contributed by atoms with Gasteiger partial charge in [-0.05, 0) is 12.1 Å². The van der Waals surface area contributed by atoms with Crippen molar-refractivity contribution in [1.29, 1.82) is 5.26 Å². The molecule has 4 heteroatoms. The zero-order chi connectivity index (χ0) is 6.69. The van der Waals surface area contributed by atoms with Crippen molar-refractivity contribution in [2.24, 2.45) is 0 Å². The van der Waals surface area contributed by atoms with E-state index in [9.17, 15) is 0 Å². The summed E-state index contributed by atoms with van der Waals surface area (Å²) >= 11 is 5.46. The minimum atomic E-state index is 0. The Labute approximate surface area is 69.9 Å². The van der Waals surface area contributed by atoms with E-state index in [-0.39, 0.29) is 12.4 Å². The van der Waals surface area contributed by atoms with E-state index in [4.69, 9.17) is 16.9 Å². The molecule has 52 valence electrons. The topological polar surface area (TPSA) is 36.7 Å². The molecule has 10 heavy (non-hydrogen) atoms. The van der Waals surface area contributed by atoms with Crippen molar-refractivity contribution in [3.8, 4) is 6.07 Å². The number of rotatable bonds is 0. The van der Waals surface area contributed by atoms with Crippen LogP contribution in [0.1, 0.15) is 5.56 Å². The summed E-state index contributed by atoms with van der Waals surface area (Å²) in [5.41, 5.74) is 0.537. The number of aromatic nitrogens is 1. The molecule has 1 aromatic heterocycles. The van der Waals surface area contributed by atoms with Crippen LogP contribution in [-0.4, -0.2) is 4.98 Å². The SMILES string of the molecule is Cl.N#Cc1ccnc(Cl)c1. The Balaban J connectivity index is 0.000000810. The summed E-state index contributed by atoms with van der Waals surface area (Å²) < 4.78 is 0. The third-order valence-electron chi connectivity index (χ3n) is 0.856. The molecule has 0 atom stereocenters. The normalized spacial score (nSPS) is 7.60. The quantitative estimate of drug-likeness (QED) is 0.565. The van der Waals surface area contributed by atoms with Gasteiger partial charge in [0.1, 0.15) is 5.15 Å². The fourth-order valence-electron chi connectivity index (χ4n) is 0.472. The molecule has 0 aliphatic heterocycles. The zero-order valence-electron chi connectivity index (χ0n) is 4.91. The van der Waals surface area contributed by atoms with E-state index >= 15 is 0 Å². The van der Waals surface area contributed by atoms with Crippen LogP contribution in [-0.2, 0) is 0 Å². The smallest absolute Gasteiger partial charge is 0.130 e. The maximum Gasteiger partial charge on any atom is 0.130 e. The second-order valence-corrected chi connectivity index (χ2v) is 1.87. The molecule has 0 saturated carbocycles. The molecule has 0 unspecified atom stereocenters. The predicted octanol–water partition coefficient (Wildman–Crippen LogP) is 2.03. The van der Waals surface area contributed by atoms with Crippen molar-refractivity contribution in [3.63, 3.8) is 0 Å².